The molecule has 18 heavy (non-hydrogen) atoms. The van der Waals surface area contributed by atoms with Crippen molar-refractivity contribution in [3.63, 3.8) is 0 Å². The Balaban J connectivity index is 2.27. The van der Waals surface area contributed by atoms with Gasteiger partial charge in [-0.3, -0.25) is 4.79 Å². The van der Waals surface area contributed by atoms with E-state index in [9.17, 15) is 13.2 Å². The summed E-state index contributed by atoms with van der Waals surface area (Å²) in [6.07, 6.45) is 1.57. The smallest absolute Gasteiger partial charge is 0.310 e. The van der Waals surface area contributed by atoms with Crippen molar-refractivity contribution < 1.29 is 18.3 Å². The van der Waals surface area contributed by atoms with Gasteiger partial charge < -0.3 is 10.1 Å². The summed E-state index contributed by atoms with van der Waals surface area (Å²) in [5.41, 5.74) is -1.01. The third kappa shape index (κ3) is 2.01. The number of hydrogen-bond donors (Lipinski definition) is 2. The Morgan fingerprint density at radius 3 is 2.72 bits per heavy atom. The van der Waals surface area contributed by atoms with Gasteiger partial charge in [0.2, 0.25) is 0 Å². The van der Waals surface area contributed by atoms with Gasteiger partial charge >= 0.3 is 5.97 Å². The Morgan fingerprint density at radius 2 is 2.28 bits per heavy atom. The summed E-state index contributed by atoms with van der Waals surface area (Å²) in [5, 5.41) is 9.10. The van der Waals surface area contributed by atoms with E-state index in [1.807, 2.05) is 0 Å². The van der Waals surface area contributed by atoms with Crippen molar-refractivity contribution in [3.05, 3.63) is 12.0 Å². The highest BCUT2D eigenvalue weighted by molar-refractivity contribution is 7.89. The number of carboxylic acids is 1. The standard InChI is InChI=1S/C10H15N3O4S/c1-7-11-5-8(12-7)18(16,17)13-4-3-10(2,6-13)9(14)15/h5H,3-4,6H2,1-2H3,(H,11,12)(H,14,15). The molecule has 100 valence electrons. The number of nitrogens with zero attached hydrogens (tertiary/aromatic N) is 2. The number of rotatable bonds is 3. The number of carbonyl (C=O) groups is 1. The van der Waals surface area contributed by atoms with Gasteiger partial charge in [-0.25, -0.2) is 13.4 Å². The lowest BCUT2D eigenvalue weighted by atomic mass is 9.90. The van der Waals surface area contributed by atoms with Gasteiger partial charge in [-0.2, -0.15) is 4.31 Å². The number of imidazole rings is 1. The average Bonchev–Trinajstić information content (AvgIpc) is 2.86. The van der Waals surface area contributed by atoms with E-state index in [4.69, 9.17) is 5.11 Å². The van der Waals surface area contributed by atoms with Crippen LogP contribution >= 0.6 is 0 Å². The molecule has 0 radical (unpaired) electrons. The molecule has 1 fully saturated rings. The predicted molar refractivity (Wildman–Crippen MR) is 62.4 cm³/mol. The molecular formula is C10H15N3O4S. The largest absolute Gasteiger partial charge is 0.481 e. The van der Waals surface area contributed by atoms with E-state index in [1.165, 1.54) is 10.5 Å². The van der Waals surface area contributed by atoms with E-state index in [0.29, 0.717) is 12.2 Å². The maximum absolute atomic E-state index is 12.2. The van der Waals surface area contributed by atoms with Crippen LogP contribution in [0, 0.1) is 12.3 Å². The van der Waals surface area contributed by atoms with Crippen LogP contribution in [-0.4, -0.2) is 46.9 Å². The first-order valence-corrected chi connectivity index (χ1v) is 6.95. The quantitative estimate of drug-likeness (QED) is 0.819. The Morgan fingerprint density at radius 1 is 1.61 bits per heavy atom. The molecule has 1 aliphatic heterocycles. The number of aryl methyl sites for hydroxylation is 1. The number of aliphatic carboxylic acids is 1. The van der Waals surface area contributed by atoms with Crippen LogP contribution in [-0.2, 0) is 14.8 Å². The molecule has 0 amide bonds. The van der Waals surface area contributed by atoms with E-state index >= 15 is 0 Å². The maximum Gasteiger partial charge on any atom is 0.310 e. The molecule has 1 atom stereocenters. The zero-order valence-electron chi connectivity index (χ0n) is 10.2. The number of H-pyrrole nitrogens is 1. The van der Waals surface area contributed by atoms with E-state index in [0.717, 1.165) is 0 Å². The molecule has 0 bridgehead atoms. The van der Waals surface area contributed by atoms with Gasteiger partial charge in [0, 0.05) is 13.1 Å². The molecule has 8 heteroatoms. The van der Waals surface area contributed by atoms with E-state index < -0.39 is 21.4 Å². The molecule has 1 aliphatic rings. The molecule has 2 rings (SSSR count). The summed E-state index contributed by atoms with van der Waals surface area (Å²) in [7, 11) is -3.67. The molecule has 1 saturated heterocycles. The van der Waals surface area contributed by atoms with Crippen molar-refractivity contribution in [2.45, 2.75) is 25.3 Å². The van der Waals surface area contributed by atoms with Crippen molar-refractivity contribution in [2.24, 2.45) is 5.41 Å². The number of hydrogen-bond acceptors (Lipinski definition) is 4. The lowest BCUT2D eigenvalue weighted by Crippen LogP contribution is -2.35. The highest BCUT2D eigenvalue weighted by Gasteiger charge is 2.45. The maximum atomic E-state index is 12.2. The minimum absolute atomic E-state index is 0.00892. The van der Waals surface area contributed by atoms with Gasteiger partial charge in [-0.1, -0.05) is 0 Å². The fourth-order valence-electron chi connectivity index (χ4n) is 1.97. The topological polar surface area (TPSA) is 103 Å². The molecule has 0 aliphatic carbocycles. The molecule has 1 unspecified atom stereocenters. The minimum Gasteiger partial charge on any atom is -0.481 e. The predicted octanol–water partition coefficient (Wildman–Crippen LogP) is 0.203. The fourth-order valence-corrected chi connectivity index (χ4v) is 3.49. The molecule has 0 spiro atoms. The Kier molecular flexibility index (Phi) is 2.94. The van der Waals surface area contributed by atoms with Crippen LogP contribution in [0.25, 0.3) is 0 Å². The summed E-state index contributed by atoms with van der Waals surface area (Å²) in [4.78, 5) is 17.6. The Hall–Kier alpha value is -1.41. The molecule has 0 aromatic carbocycles. The minimum atomic E-state index is -3.67. The third-order valence-corrected chi connectivity index (χ3v) is 5.01. The molecular weight excluding hydrogens is 258 g/mol. The number of aromatic amines is 1. The molecule has 7 nitrogen and oxygen atoms in total. The van der Waals surface area contributed by atoms with Crippen LogP contribution in [0.1, 0.15) is 19.2 Å². The van der Waals surface area contributed by atoms with Crippen molar-refractivity contribution in [2.75, 3.05) is 13.1 Å². The van der Waals surface area contributed by atoms with Gasteiger partial charge in [0.25, 0.3) is 10.0 Å². The molecule has 2 N–H and O–H groups in total. The van der Waals surface area contributed by atoms with Gasteiger partial charge in [0.15, 0.2) is 5.03 Å². The lowest BCUT2D eigenvalue weighted by Gasteiger charge is -2.19. The van der Waals surface area contributed by atoms with Crippen molar-refractivity contribution in [1.82, 2.24) is 14.3 Å². The van der Waals surface area contributed by atoms with Crippen LogP contribution in [0.2, 0.25) is 0 Å². The zero-order valence-corrected chi connectivity index (χ0v) is 11.0. The third-order valence-electron chi connectivity index (χ3n) is 3.25. The fraction of sp³-hybridized carbons (Fsp3) is 0.600. The number of aromatic nitrogens is 2. The number of sulfonamides is 1. The molecule has 2 heterocycles. The van der Waals surface area contributed by atoms with Gasteiger partial charge in [-0.05, 0) is 20.3 Å². The van der Waals surface area contributed by atoms with Crippen molar-refractivity contribution >= 4 is 16.0 Å². The second-order valence-electron chi connectivity index (χ2n) is 4.79. The van der Waals surface area contributed by atoms with Crippen LogP contribution < -0.4 is 0 Å². The highest BCUT2D eigenvalue weighted by Crippen LogP contribution is 2.33. The van der Waals surface area contributed by atoms with Crippen LogP contribution in [0.4, 0.5) is 0 Å². The number of carboxylic acid groups (broad SMARTS) is 1. The average molecular weight is 273 g/mol. The highest BCUT2D eigenvalue weighted by atomic mass is 32.2. The van der Waals surface area contributed by atoms with E-state index in [2.05, 4.69) is 9.97 Å². The number of nitrogens with one attached hydrogen (secondary N) is 1. The lowest BCUT2D eigenvalue weighted by molar-refractivity contribution is -0.146. The summed E-state index contributed by atoms with van der Waals surface area (Å²) >= 11 is 0. The second kappa shape index (κ2) is 4.06. The van der Waals surface area contributed by atoms with Crippen LogP contribution in [0.15, 0.2) is 11.2 Å². The van der Waals surface area contributed by atoms with Gasteiger partial charge in [-0.15, -0.1) is 0 Å². The summed E-state index contributed by atoms with van der Waals surface area (Å²) in [6.45, 7) is 3.42. The first-order valence-electron chi connectivity index (χ1n) is 5.51. The first-order chi connectivity index (χ1) is 8.25. The monoisotopic (exact) mass is 273 g/mol. The van der Waals surface area contributed by atoms with Crippen molar-refractivity contribution in [1.29, 1.82) is 0 Å². The van der Waals surface area contributed by atoms with E-state index in [-0.39, 0.29) is 18.1 Å². The van der Waals surface area contributed by atoms with Crippen molar-refractivity contribution in [3.8, 4) is 0 Å². The summed E-state index contributed by atoms with van der Waals surface area (Å²) in [5.74, 6) is -0.463. The zero-order chi connectivity index (χ0) is 13.6. The Bertz CT molecular complexity index is 580. The Labute approximate surface area is 105 Å². The summed E-state index contributed by atoms with van der Waals surface area (Å²) < 4.78 is 25.6. The van der Waals surface area contributed by atoms with E-state index in [1.54, 1.807) is 13.8 Å². The molecule has 1 aromatic rings. The summed E-state index contributed by atoms with van der Waals surface area (Å²) in [6, 6.07) is 0. The van der Waals surface area contributed by atoms with Crippen LogP contribution in [0.5, 0.6) is 0 Å². The van der Waals surface area contributed by atoms with Gasteiger partial charge in [0.05, 0.1) is 11.6 Å². The normalized spacial score (nSPS) is 25.4. The van der Waals surface area contributed by atoms with Gasteiger partial charge in [0.1, 0.15) is 5.82 Å². The molecule has 0 saturated carbocycles. The second-order valence-corrected chi connectivity index (χ2v) is 6.69. The SMILES string of the molecule is Cc1ncc(S(=O)(=O)N2CCC(C)(C(=O)O)C2)[nH]1. The first kappa shape index (κ1) is 13.0. The van der Waals surface area contributed by atoms with Crippen LogP contribution in [0.3, 0.4) is 0 Å². The molecule has 1 aromatic heterocycles.